The summed E-state index contributed by atoms with van der Waals surface area (Å²) in [4.78, 5) is 17.0. The van der Waals surface area contributed by atoms with Gasteiger partial charge in [-0.05, 0) is 49.9 Å². The number of nitrogens with zero attached hydrogens (tertiary/aromatic N) is 2. The lowest BCUT2D eigenvalue weighted by Gasteiger charge is -2.32. The number of likely N-dealkylation sites (tertiary alicyclic amines) is 1. The SMILES string of the molecule is CCN1CCC(NC(=O)CN(Cc2cccc(F)c2)C2CC2)CC1. The minimum absolute atomic E-state index is 0.105. The minimum atomic E-state index is -0.213. The lowest BCUT2D eigenvalue weighted by Crippen LogP contribution is -2.47. The second kappa shape index (κ2) is 8.08. The van der Waals surface area contributed by atoms with Crippen molar-refractivity contribution in [1.29, 1.82) is 0 Å². The van der Waals surface area contributed by atoms with E-state index >= 15 is 0 Å². The number of halogens is 1. The third-order valence-corrected chi connectivity index (χ3v) is 5.08. The molecule has 0 radical (unpaired) electrons. The van der Waals surface area contributed by atoms with E-state index in [1.54, 1.807) is 12.1 Å². The molecule has 1 N–H and O–H groups in total. The first-order valence-corrected chi connectivity index (χ1v) is 9.14. The topological polar surface area (TPSA) is 35.6 Å². The molecular weight excluding hydrogens is 305 g/mol. The Morgan fingerprint density at radius 1 is 1.29 bits per heavy atom. The largest absolute Gasteiger partial charge is 0.352 e. The first-order chi connectivity index (χ1) is 11.6. The molecule has 24 heavy (non-hydrogen) atoms. The first kappa shape index (κ1) is 17.4. The molecule has 4 nitrogen and oxygen atoms in total. The van der Waals surface area contributed by atoms with Crippen molar-refractivity contribution in [3.05, 3.63) is 35.6 Å². The van der Waals surface area contributed by atoms with Gasteiger partial charge in [0.25, 0.3) is 0 Å². The van der Waals surface area contributed by atoms with Gasteiger partial charge in [-0.25, -0.2) is 4.39 Å². The molecule has 3 rings (SSSR count). The number of piperidine rings is 1. The van der Waals surface area contributed by atoms with E-state index in [4.69, 9.17) is 0 Å². The molecule has 1 saturated heterocycles. The lowest BCUT2D eigenvalue weighted by molar-refractivity contribution is -0.123. The van der Waals surface area contributed by atoms with Crippen LogP contribution in [0.25, 0.3) is 0 Å². The van der Waals surface area contributed by atoms with Crippen LogP contribution in [0.5, 0.6) is 0 Å². The summed E-state index contributed by atoms with van der Waals surface area (Å²) in [6.07, 6.45) is 4.34. The van der Waals surface area contributed by atoms with Crippen LogP contribution in [0, 0.1) is 5.82 Å². The van der Waals surface area contributed by atoms with Crippen molar-refractivity contribution in [2.75, 3.05) is 26.2 Å². The number of nitrogens with one attached hydrogen (secondary N) is 1. The quantitative estimate of drug-likeness (QED) is 0.832. The number of hydrogen-bond donors (Lipinski definition) is 1. The Kier molecular flexibility index (Phi) is 5.85. The summed E-state index contributed by atoms with van der Waals surface area (Å²) in [5.41, 5.74) is 0.936. The second-order valence-electron chi connectivity index (χ2n) is 7.04. The Morgan fingerprint density at radius 3 is 2.67 bits per heavy atom. The van der Waals surface area contributed by atoms with E-state index in [2.05, 4.69) is 22.0 Å². The number of amides is 1. The molecule has 2 fully saturated rings. The van der Waals surface area contributed by atoms with Crippen LogP contribution in [0.3, 0.4) is 0 Å². The third-order valence-electron chi connectivity index (χ3n) is 5.08. The van der Waals surface area contributed by atoms with Crippen molar-refractivity contribution in [3.8, 4) is 0 Å². The van der Waals surface area contributed by atoms with Gasteiger partial charge in [-0.2, -0.15) is 0 Å². The molecule has 1 saturated carbocycles. The number of carbonyl (C=O) groups is 1. The van der Waals surface area contributed by atoms with Gasteiger partial charge in [0.05, 0.1) is 6.54 Å². The van der Waals surface area contributed by atoms with Gasteiger partial charge in [0.1, 0.15) is 5.82 Å². The fourth-order valence-corrected chi connectivity index (χ4v) is 3.47. The minimum Gasteiger partial charge on any atom is -0.352 e. The average Bonchev–Trinajstić information content (AvgIpc) is 3.40. The van der Waals surface area contributed by atoms with E-state index in [0.29, 0.717) is 25.2 Å². The third kappa shape index (κ3) is 5.02. The summed E-state index contributed by atoms with van der Waals surface area (Å²) in [5.74, 6) is -0.108. The molecule has 0 aromatic heterocycles. The maximum absolute atomic E-state index is 13.4. The lowest BCUT2D eigenvalue weighted by atomic mass is 10.1. The molecule has 1 amide bonds. The molecule has 5 heteroatoms. The number of hydrogen-bond acceptors (Lipinski definition) is 3. The van der Waals surface area contributed by atoms with Crippen molar-refractivity contribution < 1.29 is 9.18 Å². The van der Waals surface area contributed by atoms with Crippen LogP contribution in [-0.2, 0) is 11.3 Å². The maximum atomic E-state index is 13.4. The molecule has 1 aliphatic heterocycles. The highest BCUT2D eigenvalue weighted by molar-refractivity contribution is 5.78. The van der Waals surface area contributed by atoms with Crippen LogP contribution in [-0.4, -0.2) is 54.0 Å². The number of benzene rings is 1. The average molecular weight is 333 g/mol. The highest BCUT2D eigenvalue weighted by Gasteiger charge is 2.31. The summed E-state index contributed by atoms with van der Waals surface area (Å²) in [7, 11) is 0. The van der Waals surface area contributed by atoms with Crippen molar-refractivity contribution in [2.45, 2.75) is 51.2 Å². The molecule has 132 valence electrons. The molecule has 1 aliphatic carbocycles. The molecular formula is C19H28FN3O. The van der Waals surface area contributed by atoms with E-state index < -0.39 is 0 Å². The van der Waals surface area contributed by atoms with Crippen LogP contribution in [0.15, 0.2) is 24.3 Å². The first-order valence-electron chi connectivity index (χ1n) is 9.14. The van der Waals surface area contributed by atoms with E-state index in [0.717, 1.165) is 50.9 Å². The van der Waals surface area contributed by atoms with E-state index in [9.17, 15) is 9.18 Å². The molecule has 1 aromatic carbocycles. The van der Waals surface area contributed by atoms with Gasteiger partial charge in [0.2, 0.25) is 5.91 Å². The Bertz CT molecular complexity index is 553. The zero-order chi connectivity index (χ0) is 16.9. The highest BCUT2D eigenvalue weighted by Crippen LogP contribution is 2.28. The van der Waals surface area contributed by atoms with Crippen LogP contribution in [0.2, 0.25) is 0 Å². The smallest absolute Gasteiger partial charge is 0.234 e. The van der Waals surface area contributed by atoms with Gasteiger partial charge in [0.15, 0.2) is 0 Å². The molecule has 0 unspecified atom stereocenters. The second-order valence-corrected chi connectivity index (χ2v) is 7.04. The van der Waals surface area contributed by atoms with Gasteiger partial charge < -0.3 is 10.2 Å². The van der Waals surface area contributed by atoms with Crippen molar-refractivity contribution >= 4 is 5.91 Å². The predicted octanol–water partition coefficient (Wildman–Crippen LogP) is 2.39. The van der Waals surface area contributed by atoms with Gasteiger partial charge in [-0.15, -0.1) is 0 Å². The fraction of sp³-hybridized carbons (Fsp3) is 0.632. The van der Waals surface area contributed by atoms with Gasteiger partial charge >= 0.3 is 0 Å². The van der Waals surface area contributed by atoms with Crippen LogP contribution >= 0.6 is 0 Å². The predicted molar refractivity (Wildman–Crippen MR) is 93.1 cm³/mol. The zero-order valence-electron chi connectivity index (χ0n) is 14.5. The van der Waals surface area contributed by atoms with E-state index in [1.165, 1.54) is 6.07 Å². The molecule has 1 aromatic rings. The number of rotatable bonds is 7. The Hall–Kier alpha value is -1.46. The normalized spacial score (nSPS) is 19.6. The van der Waals surface area contributed by atoms with Crippen molar-refractivity contribution in [2.24, 2.45) is 0 Å². The summed E-state index contributed by atoms with van der Waals surface area (Å²) in [5, 5.41) is 3.19. The molecule has 2 aliphatic rings. The summed E-state index contributed by atoms with van der Waals surface area (Å²) >= 11 is 0. The van der Waals surface area contributed by atoms with Gasteiger partial charge in [0, 0.05) is 31.7 Å². The van der Waals surface area contributed by atoms with Gasteiger partial charge in [-0.3, -0.25) is 9.69 Å². The van der Waals surface area contributed by atoms with Crippen LogP contribution in [0.4, 0.5) is 4.39 Å². The Labute approximate surface area is 144 Å². The van der Waals surface area contributed by atoms with Crippen LogP contribution in [0.1, 0.15) is 38.2 Å². The molecule has 0 bridgehead atoms. The summed E-state index contributed by atoms with van der Waals surface area (Å²) in [6.45, 7) is 6.45. The van der Waals surface area contributed by atoms with Gasteiger partial charge in [-0.1, -0.05) is 19.1 Å². The van der Waals surface area contributed by atoms with Crippen molar-refractivity contribution in [1.82, 2.24) is 15.1 Å². The highest BCUT2D eigenvalue weighted by atomic mass is 19.1. The molecule has 0 atom stereocenters. The summed E-state index contributed by atoms with van der Waals surface area (Å²) < 4.78 is 13.4. The van der Waals surface area contributed by atoms with E-state index in [-0.39, 0.29) is 11.7 Å². The fourth-order valence-electron chi connectivity index (χ4n) is 3.47. The summed E-state index contributed by atoms with van der Waals surface area (Å²) in [6, 6.07) is 7.46. The van der Waals surface area contributed by atoms with Crippen molar-refractivity contribution in [3.63, 3.8) is 0 Å². The monoisotopic (exact) mass is 333 g/mol. The van der Waals surface area contributed by atoms with Crippen LogP contribution < -0.4 is 5.32 Å². The molecule has 0 spiro atoms. The standard InChI is InChI=1S/C19H28FN3O/c1-2-22-10-8-17(9-11-22)21-19(24)14-23(18-6-7-18)13-15-4-3-5-16(20)12-15/h3-5,12,17-18H,2,6-11,13-14H2,1H3,(H,21,24). The van der Waals surface area contributed by atoms with E-state index in [1.807, 2.05) is 6.07 Å². The Morgan fingerprint density at radius 2 is 2.04 bits per heavy atom. The Balaban J connectivity index is 1.49. The zero-order valence-corrected chi connectivity index (χ0v) is 14.5. The maximum Gasteiger partial charge on any atom is 0.234 e. The number of carbonyl (C=O) groups excluding carboxylic acids is 1. The molecule has 1 heterocycles.